The molecule has 0 amide bonds. The Hall–Kier alpha value is 0.0525. The van der Waals surface area contributed by atoms with E-state index >= 15 is 0 Å². The molecule has 0 rings (SSSR count). The summed E-state index contributed by atoms with van der Waals surface area (Å²) in [6.07, 6.45) is 0. The average molecular weight is 366 g/mol. The molecule has 0 N–H and O–H groups in total. The van der Waals surface area contributed by atoms with Crippen LogP contribution in [0.1, 0.15) is 0 Å². The first-order valence-electron chi connectivity index (χ1n) is 3.87. The molecule has 0 saturated heterocycles. The van der Waals surface area contributed by atoms with E-state index in [1.165, 1.54) is 0 Å². The number of hydrogen-bond donors (Lipinski definition) is 0. The van der Waals surface area contributed by atoms with E-state index in [0.717, 1.165) is 0 Å². The lowest BCUT2D eigenvalue weighted by atomic mass is 11.8. The van der Waals surface area contributed by atoms with Gasteiger partial charge in [-0.3, -0.25) is 0 Å². The Morgan fingerprint density at radius 2 is 0.842 bits per heavy atom. The first-order valence-corrected chi connectivity index (χ1v) is 10.0. The van der Waals surface area contributed by atoms with Crippen molar-refractivity contribution in [3.05, 3.63) is 0 Å². The molecule has 0 aliphatic rings. The summed E-state index contributed by atoms with van der Waals surface area (Å²) in [6.45, 7) is 0. The zero-order valence-corrected chi connectivity index (χ0v) is 12.3. The Labute approximate surface area is 112 Å². The van der Waals surface area contributed by atoms with Crippen molar-refractivity contribution in [1.29, 1.82) is 0 Å². The number of alkyl halides is 3. The summed E-state index contributed by atoms with van der Waals surface area (Å²) in [4.78, 5) is 0. The van der Waals surface area contributed by atoms with E-state index < -0.39 is 63.5 Å². The van der Waals surface area contributed by atoms with E-state index in [0.29, 0.717) is 0 Å². The summed E-state index contributed by atoms with van der Waals surface area (Å²) in [7, 11) is -15.0. The molecule has 0 aromatic heterocycles. The van der Waals surface area contributed by atoms with Gasteiger partial charge in [-0.25, -0.2) is 13.2 Å². The molecule has 9 nitrogen and oxygen atoms in total. The van der Waals surface area contributed by atoms with Crippen molar-refractivity contribution in [3.8, 4) is 0 Å². The van der Waals surface area contributed by atoms with Crippen LogP contribution in [0.4, 0.5) is 13.2 Å². The smallest absolute Gasteiger partial charge is 0.340 e. The predicted octanol–water partition coefficient (Wildman–Crippen LogP) is -1.21. The minimum atomic E-state index is -5.01. The van der Waals surface area contributed by atoms with Gasteiger partial charge in [-0.15, -0.1) is 0 Å². The molecule has 0 aliphatic heterocycles. The van der Waals surface area contributed by atoms with Crippen LogP contribution in [0.2, 0.25) is 0 Å². The lowest BCUT2D eigenvalue weighted by Gasteiger charge is -2.10. The van der Waals surface area contributed by atoms with Crippen LogP contribution in [0.3, 0.4) is 0 Å². The molecular formula is C3H6AlF3O9S3. The van der Waals surface area contributed by atoms with E-state index in [1.807, 2.05) is 0 Å². The summed E-state index contributed by atoms with van der Waals surface area (Å²) in [5, 5.41) is 0. The highest BCUT2D eigenvalue weighted by molar-refractivity contribution is 7.90. The van der Waals surface area contributed by atoms with Gasteiger partial charge in [0.15, 0.2) is 0 Å². The second-order valence-corrected chi connectivity index (χ2v) is 9.47. The lowest BCUT2D eigenvalue weighted by molar-refractivity contribution is 0.299. The average Bonchev–Trinajstić information content (AvgIpc) is 2.27. The Bertz CT molecular complexity index is 496. The third-order valence-electron chi connectivity index (χ3n) is 1.08. The highest BCUT2D eigenvalue weighted by Gasteiger charge is 2.46. The molecule has 0 heterocycles. The quantitative estimate of drug-likeness (QED) is 0.461. The molecule has 0 aliphatic carbocycles. The van der Waals surface area contributed by atoms with Gasteiger partial charge in [-0.1, -0.05) is 0 Å². The Kier molecular flexibility index (Phi) is 7.19. The fourth-order valence-corrected chi connectivity index (χ4v) is 5.23. The minimum absolute atomic E-state index is 2.16. The van der Waals surface area contributed by atoms with E-state index in [9.17, 15) is 38.4 Å². The zero-order chi connectivity index (χ0) is 15.3. The highest BCUT2D eigenvalue weighted by atomic mass is 32.2. The van der Waals surface area contributed by atoms with E-state index in [1.54, 1.807) is 0 Å². The molecule has 16 heteroatoms. The van der Waals surface area contributed by atoms with Gasteiger partial charge in [-0.2, -0.15) is 25.3 Å². The van der Waals surface area contributed by atoms with E-state index in [-0.39, 0.29) is 0 Å². The molecular weight excluding hydrogens is 360 g/mol. The second kappa shape index (κ2) is 7.17. The predicted molar refractivity (Wildman–Crippen MR) is 53.7 cm³/mol. The molecule has 0 fully saturated rings. The van der Waals surface area contributed by atoms with E-state index in [4.69, 9.17) is 0 Å². The summed E-state index contributed by atoms with van der Waals surface area (Å²) >= 11 is -4.65. The van der Waals surface area contributed by atoms with Gasteiger partial charge in [0.2, 0.25) is 18.0 Å². The van der Waals surface area contributed by atoms with Crippen LogP contribution < -0.4 is 0 Å². The van der Waals surface area contributed by atoms with Crippen LogP contribution in [0.15, 0.2) is 0 Å². The SMILES string of the molecule is O=S(=O)(CF)[O][Al]([O]S(=O)(=O)CF)[O]S(=O)(=O)CF. The molecule has 0 aromatic rings. The maximum atomic E-state index is 11.9. The Balaban J connectivity index is 5.17. The van der Waals surface area contributed by atoms with Crippen LogP contribution in [-0.2, 0) is 40.1 Å². The number of halogens is 3. The maximum absolute atomic E-state index is 11.9. The molecule has 0 unspecified atom stereocenters. The van der Waals surface area contributed by atoms with E-state index in [2.05, 4.69) is 9.70 Å². The molecule has 0 radical (unpaired) electrons. The minimum Gasteiger partial charge on any atom is -0.340 e. The molecule has 0 bridgehead atoms. The van der Waals surface area contributed by atoms with Crippen LogP contribution in [0.25, 0.3) is 0 Å². The van der Waals surface area contributed by atoms with Crippen molar-refractivity contribution in [1.82, 2.24) is 0 Å². The summed E-state index contributed by atoms with van der Waals surface area (Å²) in [5.41, 5.74) is 0. The first-order chi connectivity index (χ1) is 8.47. The normalized spacial score (nSPS) is 13.4. The highest BCUT2D eigenvalue weighted by Crippen LogP contribution is 2.09. The van der Waals surface area contributed by atoms with Gasteiger partial charge in [0, 0.05) is 0 Å². The van der Waals surface area contributed by atoms with Gasteiger partial charge < -0.3 is 9.70 Å². The fourth-order valence-electron chi connectivity index (χ4n) is 0.484. The number of rotatable bonds is 9. The summed E-state index contributed by atoms with van der Waals surface area (Å²) in [6, 6.07) is -6.47. The maximum Gasteiger partial charge on any atom is 0.951 e. The van der Waals surface area contributed by atoms with Gasteiger partial charge >= 0.3 is 15.1 Å². The first kappa shape index (κ1) is 19.1. The van der Waals surface area contributed by atoms with Crippen LogP contribution >= 0.6 is 0 Å². The van der Waals surface area contributed by atoms with Gasteiger partial charge in [0.25, 0.3) is 30.4 Å². The van der Waals surface area contributed by atoms with Crippen LogP contribution in [0.5, 0.6) is 0 Å². The van der Waals surface area contributed by atoms with Gasteiger partial charge in [-0.05, 0) is 0 Å². The molecule has 0 atom stereocenters. The van der Waals surface area contributed by atoms with Crippen molar-refractivity contribution < 1.29 is 48.1 Å². The molecule has 0 aromatic carbocycles. The third kappa shape index (κ3) is 8.04. The molecule has 0 saturated carbocycles. The molecule has 19 heavy (non-hydrogen) atoms. The largest absolute Gasteiger partial charge is 0.951 e. The second-order valence-electron chi connectivity index (χ2n) is 2.58. The zero-order valence-electron chi connectivity index (χ0n) is 8.73. The molecule has 0 spiro atoms. The number of hydrogen-bond acceptors (Lipinski definition) is 9. The molecule has 114 valence electrons. The summed E-state index contributed by atoms with van der Waals surface area (Å²) in [5.74, 6) is 0. The van der Waals surface area contributed by atoms with Crippen molar-refractivity contribution in [2.24, 2.45) is 0 Å². The van der Waals surface area contributed by atoms with Crippen molar-refractivity contribution in [2.45, 2.75) is 0 Å². The van der Waals surface area contributed by atoms with Crippen molar-refractivity contribution in [3.63, 3.8) is 0 Å². The van der Waals surface area contributed by atoms with Crippen LogP contribution in [-0.4, -0.2) is 58.4 Å². The van der Waals surface area contributed by atoms with Crippen molar-refractivity contribution in [2.75, 3.05) is 18.0 Å². The Morgan fingerprint density at radius 1 is 0.632 bits per heavy atom. The topological polar surface area (TPSA) is 130 Å². The fraction of sp³-hybridized carbons (Fsp3) is 1.00. The lowest BCUT2D eigenvalue weighted by Crippen LogP contribution is -2.35. The van der Waals surface area contributed by atoms with Gasteiger partial charge in [0.1, 0.15) is 0 Å². The Morgan fingerprint density at radius 3 is 1.00 bits per heavy atom. The monoisotopic (exact) mass is 366 g/mol. The summed E-state index contributed by atoms with van der Waals surface area (Å²) < 4.78 is 111. The third-order valence-corrected chi connectivity index (χ3v) is 7.28. The van der Waals surface area contributed by atoms with Crippen LogP contribution in [0, 0.1) is 0 Å². The van der Waals surface area contributed by atoms with Gasteiger partial charge in [0.05, 0.1) is 0 Å². The standard InChI is InChI=1S/3CH3FO3S.Al/c3*2-1-6(3,4)5;/h3*1H2,(H,3,4,5);/q;;;+3/p-3. The van der Waals surface area contributed by atoms with Crippen molar-refractivity contribution >= 4 is 45.5 Å².